The van der Waals surface area contributed by atoms with Crippen molar-refractivity contribution in [1.29, 1.82) is 0 Å². The Morgan fingerprint density at radius 2 is 1.87 bits per heavy atom. The molecule has 2 heterocycles. The molecule has 0 amide bonds. The first kappa shape index (κ1) is 13.2. The Morgan fingerprint density at radius 1 is 1.04 bits per heavy atom. The van der Waals surface area contributed by atoms with E-state index in [2.05, 4.69) is 15.5 Å². The summed E-state index contributed by atoms with van der Waals surface area (Å²) in [6.45, 7) is 0. The van der Waals surface area contributed by atoms with Crippen molar-refractivity contribution in [1.82, 2.24) is 20.0 Å². The van der Waals surface area contributed by atoms with Crippen LogP contribution < -0.4 is 4.74 Å². The standard InChI is InChI=1S/C16H10N4O3/c21-16(22)13-9-10-8-12(23-11-4-2-1-3-5-11)6-7-14(10)20-15(13)17-18-19-20/h1-9H,(H,21,22). The lowest BCUT2D eigenvalue weighted by atomic mass is 10.1. The van der Waals surface area contributed by atoms with Crippen LogP contribution in [-0.2, 0) is 0 Å². The summed E-state index contributed by atoms with van der Waals surface area (Å²) < 4.78 is 7.18. The van der Waals surface area contributed by atoms with Crippen molar-refractivity contribution < 1.29 is 14.6 Å². The third-order valence-electron chi connectivity index (χ3n) is 3.45. The third-order valence-corrected chi connectivity index (χ3v) is 3.45. The van der Waals surface area contributed by atoms with E-state index in [4.69, 9.17) is 4.74 Å². The van der Waals surface area contributed by atoms with Crippen LogP contribution in [0, 0.1) is 0 Å². The molecule has 0 aliphatic rings. The van der Waals surface area contributed by atoms with Gasteiger partial charge in [0.1, 0.15) is 17.1 Å². The molecule has 7 heteroatoms. The zero-order chi connectivity index (χ0) is 15.8. The van der Waals surface area contributed by atoms with Crippen LogP contribution >= 0.6 is 0 Å². The second-order valence-electron chi connectivity index (χ2n) is 4.91. The van der Waals surface area contributed by atoms with Gasteiger partial charge in [0.05, 0.1) is 5.52 Å². The van der Waals surface area contributed by atoms with Crippen LogP contribution in [0.1, 0.15) is 10.4 Å². The minimum atomic E-state index is -1.08. The number of fused-ring (bicyclic) bond motifs is 3. The molecule has 2 aromatic heterocycles. The zero-order valence-electron chi connectivity index (χ0n) is 11.7. The van der Waals surface area contributed by atoms with Gasteiger partial charge in [-0.1, -0.05) is 18.2 Å². The van der Waals surface area contributed by atoms with Crippen molar-refractivity contribution in [3.63, 3.8) is 0 Å². The molecule has 0 atom stereocenters. The number of hydrogen-bond acceptors (Lipinski definition) is 5. The van der Waals surface area contributed by atoms with E-state index in [-0.39, 0.29) is 11.2 Å². The summed E-state index contributed by atoms with van der Waals surface area (Å²) in [5.41, 5.74) is 0.955. The smallest absolute Gasteiger partial charge is 0.339 e. The summed E-state index contributed by atoms with van der Waals surface area (Å²) in [7, 11) is 0. The molecule has 0 saturated heterocycles. The quantitative estimate of drug-likeness (QED) is 0.626. The number of hydrogen-bond donors (Lipinski definition) is 1. The number of pyridine rings is 1. The van der Waals surface area contributed by atoms with Crippen LogP contribution in [0.3, 0.4) is 0 Å². The first-order valence-corrected chi connectivity index (χ1v) is 6.83. The maximum atomic E-state index is 11.4. The lowest BCUT2D eigenvalue weighted by Crippen LogP contribution is -2.02. The second-order valence-corrected chi connectivity index (χ2v) is 4.91. The van der Waals surface area contributed by atoms with E-state index < -0.39 is 5.97 Å². The topological polar surface area (TPSA) is 89.6 Å². The van der Waals surface area contributed by atoms with Crippen LogP contribution in [0.15, 0.2) is 54.6 Å². The Hall–Kier alpha value is -3.48. The highest BCUT2D eigenvalue weighted by Crippen LogP contribution is 2.27. The van der Waals surface area contributed by atoms with Gasteiger partial charge in [-0.25, -0.2) is 4.79 Å². The van der Waals surface area contributed by atoms with Gasteiger partial charge in [-0.05, 0) is 46.8 Å². The minimum absolute atomic E-state index is 0.0411. The van der Waals surface area contributed by atoms with Crippen LogP contribution in [0.2, 0.25) is 0 Å². The second kappa shape index (κ2) is 5.06. The predicted molar refractivity (Wildman–Crippen MR) is 81.8 cm³/mol. The summed E-state index contributed by atoms with van der Waals surface area (Å²) in [5.74, 6) is 0.224. The van der Waals surface area contributed by atoms with E-state index in [9.17, 15) is 9.90 Å². The van der Waals surface area contributed by atoms with Crippen molar-refractivity contribution in [2.75, 3.05) is 0 Å². The number of carboxylic acid groups (broad SMARTS) is 1. The van der Waals surface area contributed by atoms with E-state index in [1.807, 2.05) is 30.3 Å². The van der Waals surface area contributed by atoms with Gasteiger partial charge < -0.3 is 9.84 Å². The lowest BCUT2D eigenvalue weighted by molar-refractivity contribution is 0.0698. The van der Waals surface area contributed by atoms with Gasteiger partial charge in [-0.15, -0.1) is 5.10 Å². The first-order chi connectivity index (χ1) is 11.2. The number of aromatic carboxylic acids is 1. The molecule has 0 aliphatic carbocycles. The highest BCUT2D eigenvalue weighted by Gasteiger charge is 2.15. The Labute approximate surface area is 129 Å². The van der Waals surface area contributed by atoms with Crippen molar-refractivity contribution >= 4 is 22.5 Å². The number of benzene rings is 2. The zero-order valence-corrected chi connectivity index (χ0v) is 11.7. The molecule has 4 rings (SSSR count). The molecule has 4 aromatic rings. The number of carbonyl (C=O) groups is 1. The number of tetrazole rings is 1. The lowest BCUT2D eigenvalue weighted by Gasteiger charge is -2.08. The minimum Gasteiger partial charge on any atom is -0.478 e. The van der Waals surface area contributed by atoms with Crippen LogP contribution in [0.25, 0.3) is 16.6 Å². The van der Waals surface area contributed by atoms with Gasteiger partial charge in [0.15, 0.2) is 5.65 Å². The van der Waals surface area contributed by atoms with E-state index >= 15 is 0 Å². The van der Waals surface area contributed by atoms with E-state index in [0.29, 0.717) is 22.4 Å². The molecule has 1 N–H and O–H groups in total. The van der Waals surface area contributed by atoms with Gasteiger partial charge in [-0.2, -0.15) is 4.52 Å². The normalized spacial score (nSPS) is 11.0. The number of ether oxygens (including phenoxy) is 1. The average Bonchev–Trinajstić information content (AvgIpc) is 3.04. The van der Waals surface area contributed by atoms with Crippen LogP contribution in [-0.4, -0.2) is 31.1 Å². The van der Waals surface area contributed by atoms with Crippen molar-refractivity contribution in [3.05, 3.63) is 60.2 Å². The summed E-state index contributed by atoms with van der Waals surface area (Å²) >= 11 is 0. The molecular weight excluding hydrogens is 296 g/mol. The number of aromatic nitrogens is 4. The number of nitrogens with zero attached hydrogens (tertiary/aromatic N) is 4. The fourth-order valence-corrected chi connectivity index (χ4v) is 2.42. The molecule has 0 radical (unpaired) electrons. The molecule has 23 heavy (non-hydrogen) atoms. The molecule has 0 fully saturated rings. The van der Waals surface area contributed by atoms with Gasteiger partial charge in [-0.3, -0.25) is 0 Å². The number of carboxylic acids is 1. The molecule has 0 saturated carbocycles. The Kier molecular flexibility index (Phi) is 2.90. The van der Waals surface area contributed by atoms with E-state index in [1.165, 1.54) is 4.52 Å². The maximum Gasteiger partial charge on any atom is 0.339 e. The molecule has 0 aliphatic heterocycles. The summed E-state index contributed by atoms with van der Waals surface area (Å²) in [4.78, 5) is 11.4. The van der Waals surface area contributed by atoms with E-state index in [0.717, 1.165) is 0 Å². The van der Waals surface area contributed by atoms with Gasteiger partial charge in [0, 0.05) is 5.39 Å². The van der Waals surface area contributed by atoms with E-state index in [1.54, 1.807) is 24.3 Å². The molecule has 0 bridgehead atoms. The summed E-state index contributed by atoms with van der Waals surface area (Å²) in [6, 6.07) is 16.2. The van der Waals surface area contributed by atoms with Gasteiger partial charge >= 0.3 is 5.97 Å². The van der Waals surface area contributed by atoms with Crippen LogP contribution in [0.4, 0.5) is 0 Å². The molecule has 2 aromatic carbocycles. The number of para-hydroxylation sites is 1. The summed E-state index contributed by atoms with van der Waals surface area (Å²) in [5, 5.41) is 21.2. The molecule has 112 valence electrons. The van der Waals surface area contributed by atoms with Crippen molar-refractivity contribution in [2.45, 2.75) is 0 Å². The largest absolute Gasteiger partial charge is 0.478 e. The highest BCUT2D eigenvalue weighted by molar-refractivity contribution is 5.99. The Bertz CT molecular complexity index is 1030. The molecule has 7 nitrogen and oxygen atoms in total. The average molecular weight is 306 g/mol. The SMILES string of the molecule is O=C(O)c1cc2cc(Oc3ccccc3)ccc2n2nnnc12. The molecule has 0 unspecified atom stereocenters. The Morgan fingerprint density at radius 3 is 2.65 bits per heavy atom. The van der Waals surface area contributed by atoms with Gasteiger partial charge in [0.2, 0.25) is 0 Å². The Balaban J connectivity index is 1.88. The third kappa shape index (κ3) is 2.24. The van der Waals surface area contributed by atoms with Crippen molar-refractivity contribution in [3.8, 4) is 11.5 Å². The fourth-order valence-electron chi connectivity index (χ4n) is 2.42. The first-order valence-electron chi connectivity index (χ1n) is 6.83. The fraction of sp³-hybridized carbons (Fsp3) is 0. The number of rotatable bonds is 3. The highest BCUT2D eigenvalue weighted by atomic mass is 16.5. The van der Waals surface area contributed by atoms with Gasteiger partial charge in [0.25, 0.3) is 0 Å². The van der Waals surface area contributed by atoms with Crippen LogP contribution in [0.5, 0.6) is 11.5 Å². The van der Waals surface area contributed by atoms with Crippen molar-refractivity contribution in [2.24, 2.45) is 0 Å². The molecular formula is C16H10N4O3. The predicted octanol–water partition coefficient (Wildman–Crippen LogP) is 2.77. The molecule has 0 spiro atoms. The monoisotopic (exact) mass is 306 g/mol. The summed E-state index contributed by atoms with van der Waals surface area (Å²) in [6.07, 6.45) is 0. The maximum absolute atomic E-state index is 11.4.